The molecule has 3 aromatic carbocycles. The minimum Gasteiger partial charge on any atom is -0.457 e. The van der Waals surface area contributed by atoms with E-state index >= 15 is 0 Å². The zero-order chi connectivity index (χ0) is 27.7. The second kappa shape index (κ2) is 9.19. The molecule has 5 aliphatic rings. The van der Waals surface area contributed by atoms with Crippen LogP contribution in [-0.4, -0.2) is 17.7 Å². The van der Waals surface area contributed by atoms with Crippen LogP contribution in [0.4, 0.5) is 11.4 Å². The van der Waals surface area contributed by atoms with Crippen LogP contribution in [0.3, 0.4) is 0 Å². The van der Waals surface area contributed by atoms with Crippen molar-refractivity contribution >= 4 is 29.1 Å². The number of ether oxygens (including phenoxy) is 1. The molecular formula is C34H32N2O4. The molecule has 3 amide bonds. The molecule has 0 aromatic heterocycles. The molecule has 202 valence electrons. The van der Waals surface area contributed by atoms with E-state index in [1.165, 1.54) is 4.90 Å². The van der Waals surface area contributed by atoms with E-state index in [4.69, 9.17) is 4.74 Å². The van der Waals surface area contributed by atoms with Crippen molar-refractivity contribution in [1.82, 2.24) is 0 Å². The van der Waals surface area contributed by atoms with Crippen LogP contribution in [-0.2, 0) is 9.59 Å². The predicted molar refractivity (Wildman–Crippen MR) is 153 cm³/mol. The smallest absolute Gasteiger partial charge is 0.255 e. The Hall–Kier alpha value is -4.19. The molecule has 6 nitrogen and oxygen atoms in total. The molecule has 0 radical (unpaired) electrons. The van der Waals surface area contributed by atoms with Gasteiger partial charge >= 0.3 is 0 Å². The number of benzene rings is 3. The van der Waals surface area contributed by atoms with E-state index < -0.39 is 0 Å². The summed E-state index contributed by atoms with van der Waals surface area (Å²) >= 11 is 0. The molecule has 2 bridgehead atoms. The highest BCUT2D eigenvalue weighted by Crippen LogP contribution is 2.65. The van der Waals surface area contributed by atoms with Gasteiger partial charge in [0.2, 0.25) is 11.8 Å². The first kappa shape index (κ1) is 24.8. The van der Waals surface area contributed by atoms with Crippen molar-refractivity contribution in [3.05, 3.63) is 95.6 Å². The van der Waals surface area contributed by atoms with Gasteiger partial charge in [-0.05, 0) is 103 Å². The van der Waals surface area contributed by atoms with E-state index in [1.807, 2.05) is 25.1 Å². The highest BCUT2D eigenvalue weighted by Gasteiger charge is 2.67. The second-order valence-electron chi connectivity index (χ2n) is 12.0. The van der Waals surface area contributed by atoms with Crippen LogP contribution in [0, 0.1) is 42.4 Å². The number of carbonyl (C=O) groups excluding carboxylic acids is 3. The molecule has 3 fully saturated rings. The summed E-state index contributed by atoms with van der Waals surface area (Å²) < 4.78 is 6.17. The molecule has 6 atom stereocenters. The summed E-state index contributed by atoms with van der Waals surface area (Å²) in [6.45, 7) is 6.31. The Morgan fingerprint density at radius 3 is 2.23 bits per heavy atom. The van der Waals surface area contributed by atoms with Crippen LogP contribution >= 0.6 is 0 Å². The first-order valence-electron chi connectivity index (χ1n) is 14.2. The molecule has 1 aliphatic heterocycles. The van der Waals surface area contributed by atoms with E-state index in [-0.39, 0.29) is 41.4 Å². The van der Waals surface area contributed by atoms with Crippen LogP contribution in [0.25, 0.3) is 0 Å². The topological polar surface area (TPSA) is 75.7 Å². The number of nitrogens with zero attached hydrogens (tertiary/aromatic N) is 1. The molecule has 1 heterocycles. The van der Waals surface area contributed by atoms with Crippen molar-refractivity contribution < 1.29 is 19.1 Å². The highest BCUT2D eigenvalue weighted by molar-refractivity contribution is 6.23. The summed E-state index contributed by atoms with van der Waals surface area (Å²) in [5.41, 5.74) is 3.74. The fourth-order valence-electron chi connectivity index (χ4n) is 7.14. The SMILES string of the molecule is Cc1ccc(C(C)C)c(Oc2ccc(NC(=O)c3cccc(N4C(=O)[C@H]5[C@@H]6C=C[C@@H]([C@H]7C[C@H]67)[C@@H]5C4=O)c3)cc2)c1. The van der Waals surface area contributed by atoms with Gasteiger partial charge < -0.3 is 10.1 Å². The number of allylic oxidation sites excluding steroid dienone is 2. The van der Waals surface area contributed by atoms with Crippen LogP contribution < -0.4 is 15.0 Å². The number of carbonyl (C=O) groups is 3. The maximum atomic E-state index is 13.5. The van der Waals surface area contributed by atoms with Crippen molar-refractivity contribution in [1.29, 1.82) is 0 Å². The zero-order valence-electron chi connectivity index (χ0n) is 22.8. The Labute approximate surface area is 234 Å². The van der Waals surface area contributed by atoms with Gasteiger partial charge in [-0.2, -0.15) is 0 Å². The van der Waals surface area contributed by atoms with Crippen LogP contribution in [0.2, 0.25) is 0 Å². The van der Waals surface area contributed by atoms with Crippen molar-refractivity contribution in [2.45, 2.75) is 33.1 Å². The van der Waals surface area contributed by atoms with Gasteiger partial charge in [0.1, 0.15) is 11.5 Å². The van der Waals surface area contributed by atoms with Crippen LogP contribution in [0.1, 0.15) is 47.7 Å². The summed E-state index contributed by atoms with van der Waals surface area (Å²) in [5, 5.41) is 2.92. The summed E-state index contributed by atoms with van der Waals surface area (Å²) in [6, 6.07) is 20.3. The third kappa shape index (κ3) is 3.96. The van der Waals surface area contributed by atoms with E-state index in [9.17, 15) is 14.4 Å². The lowest BCUT2D eigenvalue weighted by Crippen LogP contribution is -2.40. The largest absolute Gasteiger partial charge is 0.457 e. The normalized spacial score (nSPS) is 27.6. The fraction of sp³-hybridized carbons (Fsp3) is 0.324. The number of nitrogens with one attached hydrogen (secondary N) is 1. The second-order valence-corrected chi connectivity index (χ2v) is 12.0. The number of hydrogen-bond acceptors (Lipinski definition) is 4. The molecule has 3 aromatic rings. The number of hydrogen-bond donors (Lipinski definition) is 1. The van der Waals surface area contributed by atoms with Crippen molar-refractivity contribution in [2.75, 3.05) is 10.2 Å². The average molecular weight is 533 g/mol. The van der Waals surface area contributed by atoms with Crippen LogP contribution in [0.5, 0.6) is 11.5 Å². The first-order chi connectivity index (χ1) is 19.3. The Morgan fingerprint density at radius 2 is 1.57 bits per heavy atom. The monoisotopic (exact) mass is 532 g/mol. The number of anilines is 2. The highest BCUT2D eigenvalue weighted by atomic mass is 16.5. The number of imide groups is 1. The van der Waals surface area contributed by atoms with Crippen molar-refractivity contribution in [3.8, 4) is 11.5 Å². The molecule has 1 N–H and O–H groups in total. The number of amides is 3. The maximum Gasteiger partial charge on any atom is 0.255 e. The molecular weight excluding hydrogens is 500 g/mol. The Bertz CT molecular complexity index is 1540. The molecule has 40 heavy (non-hydrogen) atoms. The van der Waals surface area contributed by atoms with Gasteiger partial charge in [-0.25, -0.2) is 4.90 Å². The lowest BCUT2D eigenvalue weighted by Gasteiger charge is -2.37. The number of aryl methyl sites for hydroxylation is 1. The Kier molecular flexibility index (Phi) is 5.70. The van der Waals surface area contributed by atoms with E-state index in [0.29, 0.717) is 40.4 Å². The third-order valence-electron chi connectivity index (χ3n) is 9.16. The molecule has 2 saturated carbocycles. The van der Waals surface area contributed by atoms with Crippen LogP contribution in [0.15, 0.2) is 78.9 Å². The summed E-state index contributed by atoms with van der Waals surface area (Å²) in [6.07, 6.45) is 5.46. The van der Waals surface area contributed by atoms with Gasteiger partial charge in [0.25, 0.3) is 5.91 Å². The Balaban J connectivity index is 1.06. The minimum atomic E-state index is -0.309. The van der Waals surface area contributed by atoms with Gasteiger partial charge in [0.15, 0.2) is 0 Å². The molecule has 0 spiro atoms. The zero-order valence-corrected chi connectivity index (χ0v) is 22.8. The standard InChI is InChI=1S/C34H32N2O4/c1-18(2)24-12-7-19(3)15-29(24)40-23-10-8-21(9-11-23)35-32(37)20-5-4-6-22(16-20)36-33(38)30-25-13-14-26(28-17-27(25)28)31(30)34(36)39/h4-16,18,25-28,30-31H,17H2,1-3H3,(H,35,37)/t25-,26+,27-,28-,30+,31+/m1/s1. The molecule has 1 saturated heterocycles. The first-order valence-corrected chi connectivity index (χ1v) is 14.2. The van der Waals surface area contributed by atoms with E-state index in [2.05, 4.69) is 43.4 Å². The predicted octanol–water partition coefficient (Wildman–Crippen LogP) is 6.72. The minimum absolute atomic E-state index is 0.123. The number of rotatable bonds is 6. The van der Waals surface area contributed by atoms with Gasteiger partial charge in [-0.3, -0.25) is 14.4 Å². The quantitative estimate of drug-likeness (QED) is 0.282. The van der Waals surface area contributed by atoms with E-state index in [1.54, 1.807) is 36.4 Å². The molecule has 0 unspecified atom stereocenters. The molecule has 8 rings (SSSR count). The third-order valence-corrected chi connectivity index (χ3v) is 9.16. The average Bonchev–Trinajstić information content (AvgIpc) is 3.72. The van der Waals surface area contributed by atoms with E-state index in [0.717, 1.165) is 23.3 Å². The Morgan fingerprint density at radius 1 is 0.900 bits per heavy atom. The summed E-state index contributed by atoms with van der Waals surface area (Å²) in [5.74, 6) is 2.20. The maximum absolute atomic E-state index is 13.5. The van der Waals surface area contributed by atoms with Gasteiger partial charge in [0, 0.05) is 11.3 Å². The van der Waals surface area contributed by atoms with Gasteiger partial charge in [0.05, 0.1) is 17.5 Å². The lowest BCUT2D eigenvalue weighted by atomic mass is 9.63. The van der Waals surface area contributed by atoms with Gasteiger partial charge in [-0.15, -0.1) is 0 Å². The summed E-state index contributed by atoms with van der Waals surface area (Å²) in [7, 11) is 0. The lowest BCUT2D eigenvalue weighted by molar-refractivity contribution is -0.124. The molecule has 4 aliphatic carbocycles. The van der Waals surface area contributed by atoms with Crippen molar-refractivity contribution in [3.63, 3.8) is 0 Å². The fourth-order valence-corrected chi connectivity index (χ4v) is 7.14. The van der Waals surface area contributed by atoms with Crippen molar-refractivity contribution in [2.24, 2.45) is 35.5 Å². The summed E-state index contributed by atoms with van der Waals surface area (Å²) in [4.78, 5) is 41.4. The van der Waals surface area contributed by atoms with Gasteiger partial charge in [-0.1, -0.05) is 44.2 Å². The molecule has 6 heteroatoms.